The van der Waals surface area contributed by atoms with Gasteiger partial charge in [-0.1, -0.05) is 43.3 Å². The van der Waals surface area contributed by atoms with Crippen molar-refractivity contribution in [2.75, 3.05) is 13.7 Å². The number of para-hydroxylation sites is 1. The standard InChI is InChI=1S/C27H25FN2O3S/c1-3-14-30-26(31)25(34-27(30)29-22-10-5-4-6-11-22)17-19-12-13-23(24(16-19)32-2)33-18-20-8-7-9-21(28)15-20/h4-13,15-17H,3,14,18H2,1-2H3/b25-17+,29-27?. The maximum Gasteiger partial charge on any atom is 0.266 e. The number of hydrogen-bond acceptors (Lipinski definition) is 5. The second-order valence-electron chi connectivity index (χ2n) is 7.63. The Bertz CT molecular complexity index is 1230. The molecule has 1 amide bonds. The molecule has 0 bridgehead atoms. The fraction of sp³-hybridized carbons (Fsp3) is 0.185. The molecular formula is C27H25FN2O3S. The van der Waals surface area contributed by atoms with E-state index in [0.717, 1.165) is 23.2 Å². The summed E-state index contributed by atoms with van der Waals surface area (Å²) in [5.74, 6) is 0.705. The molecule has 5 nitrogen and oxygen atoms in total. The zero-order valence-corrected chi connectivity index (χ0v) is 19.8. The first kappa shape index (κ1) is 23.6. The molecule has 1 fully saturated rings. The molecule has 0 atom stereocenters. The molecule has 0 spiro atoms. The molecule has 174 valence electrons. The number of benzene rings is 3. The van der Waals surface area contributed by atoms with Crippen LogP contribution in [0, 0.1) is 5.82 Å². The summed E-state index contributed by atoms with van der Waals surface area (Å²) in [5, 5.41) is 0.673. The van der Waals surface area contributed by atoms with E-state index in [1.54, 1.807) is 30.2 Å². The molecule has 0 N–H and O–H groups in total. The van der Waals surface area contributed by atoms with Gasteiger partial charge in [-0.05, 0) is 71.8 Å². The molecule has 0 aliphatic carbocycles. The van der Waals surface area contributed by atoms with Crippen LogP contribution < -0.4 is 9.47 Å². The van der Waals surface area contributed by atoms with Gasteiger partial charge in [-0.3, -0.25) is 9.69 Å². The summed E-state index contributed by atoms with van der Waals surface area (Å²) >= 11 is 1.36. The summed E-state index contributed by atoms with van der Waals surface area (Å²) < 4.78 is 24.7. The number of amides is 1. The fourth-order valence-electron chi connectivity index (χ4n) is 3.46. The highest BCUT2D eigenvalue weighted by molar-refractivity contribution is 8.18. The number of amidine groups is 1. The van der Waals surface area contributed by atoms with Crippen molar-refractivity contribution < 1.29 is 18.7 Å². The van der Waals surface area contributed by atoms with Gasteiger partial charge < -0.3 is 9.47 Å². The second-order valence-corrected chi connectivity index (χ2v) is 8.64. The van der Waals surface area contributed by atoms with Gasteiger partial charge in [0.05, 0.1) is 17.7 Å². The van der Waals surface area contributed by atoms with Crippen molar-refractivity contribution in [3.05, 3.63) is 94.6 Å². The Morgan fingerprint density at radius 3 is 2.59 bits per heavy atom. The van der Waals surface area contributed by atoms with Gasteiger partial charge in [-0.25, -0.2) is 9.38 Å². The smallest absolute Gasteiger partial charge is 0.266 e. The first-order valence-electron chi connectivity index (χ1n) is 11.0. The van der Waals surface area contributed by atoms with Gasteiger partial charge in [0.2, 0.25) is 0 Å². The van der Waals surface area contributed by atoms with Crippen LogP contribution in [-0.4, -0.2) is 29.6 Å². The van der Waals surface area contributed by atoms with Gasteiger partial charge in [-0.15, -0.1) is 0 Å². The summed E-state index contributed by atoms with van der Waals surface area (Å²) in [6.07, 6.45) is 2.67. The molecule has 1 aliphatic rings. The lowest BCUT2D eigenvalue weighted by Crippen LogP contribution is -2.29. The number of hydrogen-bond donors (Lipinski definition) is 0. The summed E-state index contributed by atoms with van der Waals surface area (Å²) in [7, 11) is 1.56. The molecule has 4 rings (SSSR count). The second kappa shape index (κ2) is 11.0. The average molecular weight is 477 g/mol. The Morgan fingerprint density at radius 2 is 1.85 bits per heavy atom. The lowest BCUT2D eigenvalue weighted by molar-refractivity contribution is -0.122. The van der Waals surface area contributed by atoms with Gasteiger partial charge >= 0.3 is 0 Å². The van der Waals surface area contributed by atoms with Crippen LogP contribution in [0.2, 0.25) is 0 Å². The monoisotopic (exact) mass is 476 g/mol. The number of nitrogens with zero attached hydrogens (tertiary/aromatic N) is 2. The number of carbonyl (C=O) groups is 1. The predicted octanol–water partition coefficient (Wildman–Crippen LogP) is 6.43. The Kier molecular flexibility index (Phi) is 7.65. The number of thioether (sulfide) groups is 1. The predicted molar refractivity (Wildman–Crippen MR) is 135 cm³/mol. The van der Waals surface area contributed by atoms with Crippen molar-refractivity contribution in [1.82, 2.24) is 4.90 Å². The molecule has 0 radical (unpaired) electrons. The Morgan fingerprint density at radius 1 is 1.03 bits per heavy atom. The Balaban J connectivity index is 1.55. The van der Waals surface area contributed by atoms with E-state index in [2.05, 4.69) is 4.99 Å². The molecular weight excluding hydrogens is 451 g/mol. The number of carbonyl (C=O) groups excluding carboxylic acids is 1. The minimum atomic E-state index is -0.305. The number of ether oxygens (including phenoxy) is 2. The van der Waals surface area contributed by atoms with Crippen LogP contribution in [0.1, 0.15) is 24.5 Å². The van der Waals surface area contributed by atoms with Crippen LogP contribution in [0.25, 0.3) is 6.08 Å². The molecule has 7 heteroatoms. The van der Waals surface area contributed by atoms with Crippen molar-refractivity contribution in [2.24, 2.45) is 4.99 Å². The maximum atomic E-state index is 13.4. The first-order chi connectivity index (χ1) is 16.6. The molecule has 0 aromatic heterocycles. The van der Waals surface area contributed by atoms with Crippen LogP contribution in [0.4, 0.5) is 10.1 Å². The van der Waals surface area contributed by atoms with Crippen molar-refractivity contribution in [3.8, 4) is 11.5 Å². The van der Waals surface area contributed by atoms with E-state index in [-0.39, 0.29) is 18.3 Å². The Labute approximate surface area is 202 Å². The van der Waals surface area contributed by atoms with E-state index in [1.165, 1.54) is 23.9 Å². The van der Waals surface area contributed by atoms with Gasteiger partial charge in [-0.2, -0.15) is 0 Å². The third-order valence-electron chi connectivity index (χ3n) is 5.09. The molecule has 1 saturated heterocycles. The molecule has 0 saturated carbocycles. The van der Waals surface area contributed by atoms with Gasteiger partial charge in [0.15, 0.2) is 16.7 Å². The minimum absolute atomic E-state index is 0.0630. The average Bonchev–Trinajstić information content (AvgIpc) is 3.13. The van der Waals surface area contributed by atoms with Gasteiger partial charge in [0, 0.05) is 6.54 Å². The van der Waals surface area contributed by atoms with E-state index in [0.29, 0.717) is 28.1 Å². The summed E-state index contributed by atoms with van der Waals surface area (Å²) in [6.45, 7) is 2.85. The highest BCUT2D eigenvalue weighted by Gasteiger charge is 2.32. The van der Waals surface area contributed by atoms with Gasteiger partial charge in [0.1, 0.15) is 12.4 Å². The van der Waals surface area contributed by atoms with E-state index in [4.69, 9.17) is 9.47 Å². The highest BCUT2D eigenvalue weighted by Crippen LogP contribution is 2.36. The molecule has 34 heavy (non-hydrogen) atoms. The zero-order valence-electron chi connectivity index (χ0n) is 19.0. The minimum Gasteiger partial charge on any atom is -0.493 e. The largest absolute Gasteiger partial charge is 0.493 e. The number of rotatable bonds is 8. The van der Waals surface area contributed by atoms with Crippen molar-refractivity contribution in [3.63, 3.8) is 0 Å². The SMILES string of the molecule is CCCN1C(=O)/C(=C\c2ccc(OCc3cccc(F)c3)c(OC)c2)SC1=Nc1ccccc1. The molecule has 0 unspecified atom stereocenters. The van der Waals surface area contributed by atoms with Gasteiger partial charge in [0.25, 0.3) is 5.91 Å². The molecule has 1 aliphatic heterocycles. The third kappa shape index (κ3) is 5.66. The van der Waals surface area contributed by atoms with Crippen LogP contribution in [0.5, 0.6) is 11.5 Å². The van der Waals surface area contributed by atoms with E-state index >= 15 is 0 Å². The zero-order chi connectivity index (χ0) is 23.9. The molecule has 3 aromatic carbocycles. The van der Waals surface area contributed by atoms with Crippen molar-refractivity contribution in [1.29, 1.82) is 0 Å². The van der Waals surface area contributed by atoms with E-state index < -0.39 is 0 Å². The van der Waals surface area contributed by atoms with Crippen LogP contribution in [0.3, 0.4) is 0 Å². The normalized spacial score (nSPS) is 15.9. The summed E-state index contributed by atoms with van der Waals surface area (Å²) in [6, 6.07) is 21.4. The summed E-state index contributed by atoms with van der Waals surface area (Å²) in [5.41, 5.74) is 2.34. The van der Waals surface area contributed by atoms with Crippen LogP contribution >= 0.6 is 11.8 Å². The van der Waals surface area contributed by atoms with E-state index in [9.17, 15) is 9.18 Å². The molecule has 1 heterocycles. The lowest BCUT2D eigenvalue weighted by Gasteiger charge is -2.14. The quantitative estimate of drug-likeness (QED) is 0.352. The number of methoxy groups -OCH3 is 1. The lowest BCUT2D eigenvalue weighted by atomic mass is 10.1. The van der Waals surface area contributed by atoms with E-state index in [1.807, 2.05) is 55.5 Å². The van der Waals surface area contributed by atoms with Crippen molar-refractivity contribution in [2.45, 2.75) is 20.0 Å². The Hall–Kier alpha value is -3.58. The maximum absolute atomic E-state index is 13.4. The molecule has 3 aromatic rings. The number of halogens is 1. The number of aliphatic imine (C=N–C) groups is 1. The topological polar surface area (TPSA) is 51.1 Å². The summed E-state index contributed by atoms with van der Waals surface area (Å²) in [4.78, 5) is 20.1. The highest BCUT2D eigenvalue weighted by atomic mass is 32.2. The first-order valence-corrected chi connectivity index (χ1v) is 11.8. The third-order valence-corrected chi connectivity index (χ3v) is 6.09. The van der Waals surface area contributed by atoms with Crippen LogP contribution in [-0.2, 0) is 11.4 Å². The van der Waals surface area contributed by atoms with Crippen molar-refractivity contribution >= 4 is 34.6 Å². The fourth-order valence-corrected chi connectivity index (χ4v) is 4.48. The van der Waals surface area contributed by atoms with Crippen LogP contribution in [0.15, 0.2) is 82.7 Å².